The van der Waals surface area contributed by atoms with Crippen molar-refractivity contribution in [1.29, 1.82) is 0 Å². The number of rotatable bonds is 7. The van der Waals surface area contributed by atoms with Crippen LogP contribution in [0.5, 0.6) is 23.0 Å². The average Bonchev–Trinajstić information content (AvgIpc) is 2.60. The number of ether oxygens (including phenoxy) is 4. The van der Waals surface area contributed by atoms with Crippen molar-refractivity contribution in [2.45, 2.75) is 6.92 Å². The Morgan fingerprint density at radius 2 is 1.52 bits per heavy atom. The molecule has 0 heterocycles. The Morgan fingerprint density at radius 1 is 0.913 bits per heavy atom. The van der Waals surface area contributed by atoms with E-state index >= 15 is 0 Å². The second-order valence-electron chi connectivity index (χ2n) is 4.64. The van der Waals surface area contributed by atoms with Crippen LogP contribution in [0.15, 0.2) is 41.4 Å². The molecule has 2 aromatic rings. The van der Waals surface area contributed by atoms with Crippen LogP contribution in [0, 0.1) is 0 Å². The van der Waals surface area contributed by atoms with Gasteiger partial charge in [-0.2, -0.15) is 0 Å². The van der Waals surface area contributed by atoms with Gasteiger partial charge in [0, 0.05) is 11.8 Å². The molecule has 0 atom stereocenters. The lowest BCUT2D eigenvalue weighted by Gasteiger charge is -2.12. The molecule has 0 spiro atoms. The Hall–Kier alpha value is -2.69. The van der Waals surface area contributed by atoms with E-state index in [1.807, 2.05) is 43.3 Å². The molecule has 0 aliphatic rings. The van der Waals surface area contributed by atoms with E-state index in [0.717, 1.165) is 17.0 Å². The van der Waals surface area contributed by atoms with Crippen LogP contribution in [0.4, 0.5) is 5.69 Å². The fourth-order valence-corrected chi connectivity index (χ4v) is 2.12. The first-order valence-electron chi connectivity index (χ1n) is 7.28. The number of hydrogen-bond acceptors (Lipinski definition) is 5. The lowest BCUT2D eigenvalue weighted by Crippen LogP contribution is -1.96. The predicted molar refractivity (Wildman–Crippen MR) is 91.0 cm³/mol. The first-order chi connectivity index (χ1) is 11.2. The van der Waals surface area contributed by atoms with Crippen LogP contribution in [-0.2, 0) is 0 Å². The molecule has 0 unspecified atom stereocenters. The van der Waals surface area contributed by atoms with E-state index in [4.69, 9.17) is 18.9 Å². The summed E-state index contributed by atoms with van der Waals surface area (Å²) in [6, 6.07) is 11.3. The standard InChI is InChI=1S/C18H21NO4/c1-5-23-15-8-6-14(7-9-15)19-12-13-10-16(20-2)18(22-4)17(11-13)21-3/h6-12H,5H2,1-4H3/b19-12+. The smallest absolute Gasteiger partial charge is 0.203 e. The second-order valence-corrected chi connectivity index (χ2v) is 4.64. The van der Waals surface area contributed by atoms with Gasteiger partial charge in [-0.25, -0.2) is 0 Å². The third kappa shape index (κ3) is 4.16. The Balaban J connectivity index is 2.24. The van der Waals surface area contributed by atoms with Gasteiger partial charge in [-0.05, 0) is 43.3 Å². The Bertz CT molecular complexity index is 640. The van der Waals surface area contributed by atoms with Crippen LogP contribution in [0.3, 0.4) is 0 Å². The molecule has 5 nitrogen and oxygen atoms in total. The first-order valence-corrected chi connectivity index (χ1v) is 7.28. The lowest BCUT2D eigenvalue weighted by molar-refractivity contribution is 0.324. The quantitative estimate of drug-likeness (QED) is 0.728. The lowest BCUT2D eigenvalue weighted by atomic mass is 10.2. The van der Waals surface area contributed by atoms with Gasteiger partial charge >= 0.3 is 0 Å². The highest BCUT2D eigenvalue weighted by atomic mass is 16.5. The van der Waals surface area contributed by atoms with Gasteiger partial charge in [0.1, 0.15) is 5.75 Å². The summed E-state index contributed by atoms with van der Waals surface area (Å²) < 4.78 is 21.4. The van der Waals surface area contributed by atoms with E-state index in [1.165, 1.54) is 0 Å². The molecular weight excluding hydrogens is 294 g/mol. The molecule has 0 radical (unpaired) electrons. The molecule has 0 aromatic heterocycles. The maximum absolute atomic E-state index is 5.41. The van der Waals surface area contributed by atoms with Gasteiger partial charge in [0.15, 0.2) is 11.5 Å². The largest absolute Gasteiger partial charge is 0.494 e. The summed E-state index contributed by atoms with van der Waals surface area (Å²) in [5.74, 6) is 2.59. The van der Waals surface area contributed by atoms with E-state index < -0.39 is 0 Å². The average molecular weight is 315 g/mol. The Kier molecular flexibility index (Phi) is 5.86. The summed E-state index contributed by atoms with van der Waals surface area (Å²) in [5, 5.41) is 0. The molecule has 0 aliphatic heterocycles. The van der Waals surface area contributed by atoms with Crippen LogP contribution in [0.1, 0.15) is 12.5 Å². The zero-order chi connectivity index (χ0) is 16.7. The molecule has 0 amide bonds. The molecule has 0 bridgehead atoms. The SMILES string of the molecule is CCOc1ccc(/N=C/c2cc(OC)c(OC)c(OC)c2)cc1. The molecule has 0 fully saturated rings. The third-order valence-corrected chi connectivity index (χ3v) is 3.20. The molecule has 2 rings (SSSR count). The molecule has 122 valence electrons. The maximum atomic E-state index is 5.41. The van der Waals surface area contributed by atoms with E-state index in [9.17, 15) is 0 Å². The molecular formula is C18H21NO4. The van der Waals surface area contributed by atoms with Gasteiger partial charge in [-0.1, -0.05) is 0 Å². The van der Waals surface area contributed by atoms with Crippen molar-refractivity contribution in [2.75, 3.05) is 27.9 Å². The second kappa shape index (κ2) is 8.08. The van der Waals surface area contributed by atoms with Crippen LogP contribution >= 0.6 is 0 Å². The summed E-state index contributed by atoms with van der Waals surface area (Å²) in [5.41, 5.74) is 1.69. The van der Waals surface area contributed by atoms with Crippen molar-refractivity contribution in [2.24, 2.45) is 4.99 Å². The third-order valence-electron chi connectivity index (χ3n) is 3.20. The van der Waals surface area contributed by atoms with Crippen LogP contribution < -0.4 is 18.9 Å². The number of methoxy groups -OCH3 is 3. The molecule has 0 saturated carbocycles. The van der Waals surface area contributed by atoms with Gasteiger partial charge in [-0.15, -0.1) is 0 Å². The topological polar surface area (TPSA) is 49.3 Å². The van der Waals surface area contributed by atoms with Gasteiger partial charge in [0.05, 0.1) is 33.6 Å². The van der Waals surface area contributed by atoms with Crippen molar-refractivity contribution in [3.8, 4) is 23.0 Å². The van der Waals surface area contributed by atoms with Crippen molar-refractivity contribution in [3.05, 3.63) is 42.0 Å². The summed E-state index contributed by atoms with van der Waals surface area (Å²) >= 11 is 0. The minimum absolute atomic E-state index is 0.563. The summed E-state index contributed by atoms with van der Waals surface area (Å²) in [6.07, 6.45) is 1.75. The zero-order valence-corrected chi connectivity index (χ0v) is 13.8. The van der Waals surface area contributed by atoms with Crippen molar-refractivity contribution >= 4 is 11.9 Å². The molecule has 2 aromatic carbocycles. The summed E-state index contributed by atoms with van der Waals surface area (Å²) in [6.45, 7) is 2.60. The minimum Gasteiger partial charge on any atom is -0.494 e. The van der Waals surface area contributed by atoms with E-state index in [-0.39, 0.29) is 0 Å². The molecule has 5 heteroatoms. The highest BCUT2D eigenvalue weighted by Crippen LogP contribution is 2.37. The Morgan fingerprint density at radius 3 is 2.00 bits per heavy atom. The van der Waals surface area contributed by atoms with Gasteiger partial charge in [0.25, 0.3) is 0 Å². The van der Waals surface area contributed by atoms with Gasteiger partial charge in [0.2, 0.25) is 5.75 Å². The fraction of sp³-hybridized carbons (Fsp3) is 0.278. The number of benzene rings is 2. The van der Waals surface area contributed by atoms with Crippen LogP contribution in [-0.4, -0.2) is 34.2 Å². The molecule has 0 N–H and O–H groups in total. The minimum atomic E-state index is 0.563. The van der Waals surface area contributed by atoms with Gasteiger partial charge < -0.3 is 18.9 Å². The van der Waals surface area contributed by atoms with Crippen molar-refractivity contribution < 1.29 is 18.9 Å². The number of aliphatic imine (C=N–C) groups is 1. The van der Waals surface area contributed by atoms with Gasteiger partial charge in [-0.3, -0.25) is 4.99 Å². The maximum Gasteiger partial charge on any atom is 0.203 e. The van der Waals surface area contributed by atoms with Crippen molar-refractivity contribution in [1.82, 2.24) is 0 Å². The highest BCUT2D eigenvalue weighted by Gasteiger charge is 2.12. The first kappa shape index (κ1) is 16.7. The normalized spacial score (nSPS) is 10.6. The molecule has 23 heavy (non-hydrogen) atoms. The molecule has 0 saturated heterocycles. The van der Waals surface area contributed by atoms with Crippen molar-refractivity contribution in [3.63, 3.8) is 0 Å². The number of hydrogen-bond donors (Lipinski definition) is 0. The van der Waals surface area contributed by atoms with E-state index in [1.54, 1.807) is 27.5 Å². The summed E-state index contributed by atoms with van der Waals surface area (Å²) in [4.78, 5) is 4.45. The van der Waals surface area contributed by atoms with E-state index in [2.05, 4.69) is 4.99 Å². The number of nitrogens with zero attached hydrogens (tertiary/aromatic N) is 1. The van der Waals surface area contributed by atoms with E-state index in [0.29, 0.717) is 23.9 Å². The highest BCUT2D eigenvalue weighted by molar-refractivity contribution is 5.84. The zero-order valence-electron chi connectivity index (χ0n) is 13.8. The predicted octanol–water partition coefficient (Wildman–Crippen LogP) is 3.86. The Labute approximate surface area is 136 Å². The fourth-order valence-electron chi connectivity index (χ4n) is 2.12. The molecule has 0 aliphatic carbocycles. The van der Waals surface area contributed by atoms with Crippen LogP contribution in [0.2, 0.25) is 0 Å². The summed E-state index contributed by atoms with van der Waals surface area (Å²) in [7, 11) is 4.75. The monoisotopic (exact) mass is 315 g/mol. The van der Waals surface area contributed by atoms with Crippen LogP contribution in [0.25, 0.3) is 0 Å².